The van der Waals surface area contributed by atoms with Crippen LogP contribution < -0.4 is 0 Å². The molecule has 0 fully saturated rings. The molecule has 19 heavy (non-hydrogen) atoms. The van der Waals surface area contributed by atoms with E-state index in [1.165, 1.54) is 6.07 Å². The second kappa shape index (κ2) is 4.65. The molecule has 0 aliphatic carbocycles. The van der Waals surface area contributed by atoms with Crippen molar-refractivity contribution in [1.29, 1.82) is 0 Å². The maximum Gasteiger partial charge on any atom is 0.416 e. The molecule has 0 bridgehead atoms. The molecule has 0 aliphatic heterocycles. The predicted octanol–water partition coefficient (Wildman–Crippen LogP) is 3.22. The summed E-state index contributed by atoms with van der Waals surface area (Å²) in [4.78, 5) is 14.1. The highest BCUT2D eigenvalue weighted by Gasteiger charge is 2.31. The van der Waals surface area contributed by atoms with Gasteiger partial charge in [-0.25, -0.2) is 4.79 Å². The van der Waals surface area contributed by atoms with Crippen LogP contribution in [0.25, 0.3) is 11.5 Å². The normalized spacial score (nSPS) is 11.6. The summed E-state index contributed by atoms with van der Waals surface area (Å²) in [6, 6.07) is 2.84. The van der Waals surface area contributed by atoms with Gasteiger partial charge in [0.1, 0.15) is 0 Å². The van der Waals surface area contributed by atoms with Crippen molar-refractivity contribution >= 4 is 21.9 Å². The van der Waals surface area contributed by atoms with Crippen LogP contribution >= 0.6 is 15.9 Å². The first-order valence-corrected chi connectivity index (χ1v) is 5.52. The molecule has 0 saturated carbocycles. The largest absolute Gasteiger partial charge is 0.475 e. The Hall–Kier alpha value is -1.90. The Morgan fingerprint density at radius 3 is 2.58 bits per heavy atom. The minimum absolute atomic E-state index is 0.0326. The number of carboxylic acids is 1. The van der Waals surface area contributed by atoms with Crippen LogP contribution in [0.4, 0.5) is 13.2 Å². The van der Waals surface area contributed by atoms with Gasteiger partial charge in [-0.2, -0.15) is 18.2 Å². The second-order valence-electron chi connectivity index (χ2n) is 3.42. The molecular weight excluding hydrogens is 333 g/mol. The van der Waals surface area contributed by atoms with E-state index in [9.17, 15) is 18.0 Å². The van der Waals surface area contributed by atoms with E-state index in [-0.39, 0.29) is 15.9 Å². The minimum atomic E-state index is -4.52. The third kappa shape index (κ3) is 2.75. The molecule has 1 N–H and O–H groups in total. The predicted molar refractivity (Wildman–Crippen MR) is 59.4 cm³/mol. The van der Waals surface area contributed by atoms with Crippen LogP contribution in [-0.4, -0.2) is 21.2 Å². The summed E-state index contributed by atoms with van der Waals surface area (Å²) < 4.78 is 42.6. The van der Waals surface area contributed by atoms with Crippen LogP contribution in [0, 0.1) is 0 Å². The Balaban J connectivity index is 2.51. The Bertz CT molecular complexity index is 639. The average Bonchev–Trinajstić information content (AvgIpc) is 2.77. The van der Waals surface area contributed by atoms with Crippen molar-refractivity contribution in [2.75, 3.05) is 0 Å². The number of alkyl halides is 3. The highest BCUT2D eigenvalue weighted by atomic mass is 79.9. The van der Waals surface area contributed by atoms with E-state index >= 15 is 0 Å². The van der Waals surface area contributed by atoms with Gasteiger partial charge in [0.25, 0.3) is 11.7 Å². The SMILES string of the molecule is O=C(O)c1noc(-c2cc(C(F)(F)F)ccc2Br)n1. The lowest BCUT2D eigenvalue weighted by Gasteiger charge is -2.08. The molecule has 0 radical (unpaired) electrons. The summed E-state index contributed by atoms with van der Waals surface area (Å²) in [5.74, 6) is -2.37. The van der Waals surface area contributed by atoms with Crippen LogP contribution in [0.1, 0.15) is 16.2 Å². The van der Waals surface area contributed by atoms with Crippen molar-refractivity contribution in [3.63, 3.8) is 0 Å². The molecule has 0 spiro atoms. The van der Waals surface area contributed by atoms with E-state index in [1.54, 1.807) is 0 Å². The number of hydrogen-bond acceptors (Lipinski definition) is 4. The molecule has 0 atom stereocenters. The van der Waals surface area contributed by atoms with E-state index in [4.69, 9.17) is 5.11 Å². The monoisotopic (exact) mass is 336 g/mol. The third-order valence-corrected chi connectivity index (χ3v) is 2.83. The molecule has 5 nitrogen and oxygen atoms in total. The van der Waals surface area contributed by atoms with Gasteiger partial charge in [-0.05, 0) is 39.3 Å². The molecule has 0 saturated heterocycles. The van der Waals surface area contributed by atoms with Gasteiger partial charge in [0.15, 0.2) is 0 Å². The number of nitrogens with zero attached hydrogens (tertiary/aromatic N) is 2. The summed E-state index contributed by atoms with van der Waals surface area (Å²) in [6.07, 6.45) is -4.52. The highest BCUT2D eigenvalue weighted by molar-refractivity contribution is 9.10. The van der Waals surface area contributed by atoms with Crippen LogP contribution in [-0.2, 0) is 6.18 Å². The molecule has 0 unspecified atom stereocenters. The Morgan fingerprint density at radius 1 is 1.37 bits per heavy atom. The van der Waals surface area contributed by atoms with Gasteiger partial charge < -0.3 is 9.63 Å². The molecule has 1 aromatic carbocycles. The quantitative estimate of drug-likeness (QED) is 0.911. The van der Waals surface area contributed by atoms with E-state index < -0.39 is 23.5 Å². The van der Waals surface area contributed by atoms with E-state index in [2.05, 4.69) is 30.6 Å². The van der Waals surface area contributed by atoms with Crippen molar-refractivity contribution in [2.45, 2.75) is 6.18 Å². The summed E-state index contributed by atoms with van der Waals surface area (Å²) >= 11 is 3.04. The zero-order chi connectivity index (χ0) is 14.2. The third-order valence-electron chi connectivity index (χ3n) is 2.14. The highest BCUT2D eigenvalue weighted by Crippen LogP contribution is 2.35. The van der Waals surface area contributed by atoms with Gasteiger partial charge in [-0.15, -0.1) is 0 Å². The Labute approximate surface area is 112 Å². The second-order valence-corrected chi connectivity index (χ2v) is 4.28. The topological polar surface area (TPSA) is 76.2 Å². The molecule has 2 rings (SSSR count). The molecule has 100 valence electrons. The van der Waals surface area contributed by atoms with Crippen LogP contribution in [0.15, 0.2) is 27.2 Å². The molecule has 1 aromatic heterocycles. The fourth-order valence-corrected chi connectivity index (χ4v) is 1.70. The number of hydrogen-bond donors (Lipinski definition) is 1. The molecule has 0 amide bonds. The number of rotatable bonds is 2. The molecule has 9 heteroatoms. The number of aromatic nitrogens is 2. The van der Waals surface area contributed by atoms with Crippen molar-refractivity contribution in [3.8, 4) is 11.5 Å². The van der Waals surface area contributed by atoms with Crippen LogP contribution in [0.2, 0.25) is 0 Å². The summed E-state index contributed by atoms with van der Waals surface area (Å²) in [5, 5.41) is 11.8. The van der Waals surface area contributed by atoms with Crippen molar-refractivity contribution < 1.29 is 27.6 Å². The smallest absolute Gasteiger partial charge is 0.416 e. The summed E-state index contributed by atoms with van der Waals surface area (Å²) in [7, 11) is 0. The van der Waals surface area contributed by atoms with E-state index in [0.29, 0.717) is 0 Å². The number of aromatic carboxylic acids is 1. The number of carboxylic acid groups (broad SMARTS) is 1. The van der Waals surface area contributed by atoms with E-state index in [1.807, 2.05) is 0 Å². The van der Waals surface area contributed by atoms with Gasteiger partial charge in [0, 0.05) is 4.47 Å². The summed E-state index contributed by atoms with van der Waals surface area (Å²) in [5.41, 5.74) is -0.935. The maximum absolute atomic E-state index is 12.6. The van der Waals surface area contributed by atoms with Gasteiger partial charge >= 0.3 is 12.1 Å². The van der Waals surface area contributed by atoms with Crippen molar-refractivity contribution in [3.05, 3.63) is 34.1 Å². The zero-order valence-corrected chi connectivity index (χ0v) is 10.5. The average molecular weight is 337 g/mol. The molecular formula is C10H4BrF3N2O3. The van der Waals surface area contributed by atoms with Gasteiger partial charge in [-0.3, -0.25) is 0 Å². The fraction of sp³-hybridized carbons (Fsp3) is 0.100. The first-order chi connectivity index (χ1) is 8.79. The van der Waals surface area contributed by atoms with Crippen molar-refractivity contribution in [2.24, 2.45) is 0 Å². The lowest BCUT2D eigenvalue weighted by atomic mass is 10.1. The fourth-order valence-electron chi connectivity index (χ4n) is 1.29. The van der Waals surface area contributed by atoms with E-state index in [0.717, 1.165) is 12.1 Å². The molecule has 2 aromatic rings. The lowest BCUT2D eigenvalue weighted by Crippen LogP contribution is -2.05. The number of carbonyl (C=O) groups is 1. The summed E-state index contributed by atoms with van der Waals surface area (Å²) in [6.45, 7) is 0. The Morgan fingerprint density at radius 2 is 2.05 bits per heavy atom. The van der Waals surface area contributed by atoms with Crippen LogP contribution in [0.5, 0.6) is 0 Å². The van der Waals surface area contributed by atoms with Gasteiger partial charge in [0.2, 0.25) is 0 Å². The first kappa shape index (κ1) is 13.5. The number of halogens is 4. The molecule has 0 aliphatic rings. The van der Waals surface area contributed by atoms with Crippen molar-refractivity contribution in [1.82, 2.24) is 10.1 Å². The van der Waals surface area contributed by atoms with Gasteiger partial charge in [0.05, 0.1) is 11.1 Å². The lowest BCUT2D eigenvalue weighted by molar-refractivity contribution is -0.137. The minimum Gasteiger partial charge on any atom is -0.475 e. The Kier molecular flexibility index (Phi) is 3.31. The standard InChI is InChI=1S/C10H4BrF3N2O3/c11-6-2-1-4(10(12,13)14)3-5(6)8-15-7(9(17)18)16-19-8/h1-3H,(H,17,18). The first-order valence-electron chi connectivity index (χ1n) is 4.73. The molecule has 1 heterocycles. The van der Waals surface area contributed by atoms with Gasteiger partial charge in [-0.1, -0.05) is 0 Å². The zero-order valence-electron chi connectivity index (χ0n) is 8.90. The number of benzene rings is 1. The van der Waals surface area contributed by atoms with Crippen LogP contribution in [0.3, 0.4) is 0 Å². The maximum atomic E-state index is 12.6.